The molecule has 168 valence electrons. The van der Waals surface area contributed by atoms with Crippen LogP contribution in [0.5, 0.6) is 5.88 Å². The third kappa shape index (κ3) is 3.77. The standard InChI is InChI=1S/C24H29N5O3/c1-5-20-23(31)26(4)24(32)29(20)19-8-6-18(7-9-19)22(30)28-12-10-27(11-13-28)21-17(3)14-16(2)15-25-21/h6-9,14-15,31H,5,10-13H2,1-4H3. The Bertz CT molecular complexity index is 1200. The molecule has 0 aliphatic carbocycles. The monoisotopic (exact) mass is 435 g/mol. The summed E-state index contributed by atoms with van der Waals surface area (Å²) in [6.07, 6.45) is 2.39. The lowest BCUT2D eigenvalue weighted by Crippen LogP contribution is -2.49. The van der Waals surface area contributed by atoms with E-state index in [0.29, 0.717) is 36.5 Å². The van der Waals surface area contributed by atoms with E-state index in [2.05, 4.69) is 22.9 Å². The zero-order valence-electron chi connectivity index (χ0n) is 19.0. The van der Waals surface area contributed by atoms with Crippen LogP contribution in [0, 0.1) is 13.8 Å². The summed E-state index contributed by atoms with van der Waals surface area (Å²) in [7, 11) is 1.54. The maximum Gasteiger partial charge on any atom is 0.335 e. The number of anilines is 1. The van der Waals surface area contributed by atoms with Gasteiger partial charge in [-0.15, -0.1) is 0 Å². The average Bonchev–Trinajstić information content (AvgIpc) is 3.02. The van der Waals surface area contributed by atoms with E-state index in [1.54, 1.807) is 31.3 Å². The van der Waals surface area contributed by atoms with E-state index in [0.717, 1.165) is 30.0 Å². The van der Waals surface area contributed by atoms with Crippen LogP contribution in [0.15, 0.2) is 41.3 Å². The van der Waals surface area contributed by atoms with Gasteiger partial charge in [0.25, 0.3) is 5.91 Å². The van der Waals surface area contributed by atoms with Crippen LogP contribution >= 0.6 is 0 Å². The highest BCUT2D eigenvalue weighted by Gasteiger charge is 2.24. The van der Waals surface area contributed by atoms with Crippen molar-refractivity contribution in [3.63, 3.8) is 0 Å². The van der Waals surface area contributed by atoms with Crippen molar-refractivity contribution in [1.82, 2.24) is 19.0 Å². The largest absolute Gasteiger partial charge is 0.493 e. The van der Waals surface area contributed by atoms with Gasteiger partial charge in [-0.1, -0.05) is 13.0 Å². The number of hydrogen-bond donors (Lipinski definition) is 1. The third-order valence-electron chi connectivity index (χ3n) is 6.09. The molecule has 1 aliphatic heterocycles. The van der Waals surface area contributed by atoms with Crippen molar-refractivity contribution in [3.8, 4) is 11.6 Å². The van der Waals surface area contributed by atoms with Gasteiger partial charge in [0.2, 0.25) is 5.88 Å². The Morgan fingerprint density at radius 1 is 1.09 bits per heavy atom. The van der Waals surface area contributed by atoms with E-state index in [4.69, 9.17) is 0 Å². The summed E-state index contributed by atoms with van der Waals surface area (Å²) in [5, 5.41) is 10.2. The van der Waals surface area contributed by atoms with Crippen LogP contribution in [-0.4, -0.2) is 56.2 Å². The molecular weight excluding hydrogens is 406 g/mol. The molecule has 0 bridgehead atoms. The van der Waals surface area contributed by atoms with E-state index in [1.807, 2.05) is 24.9 Å². The minimum Gasteiger partial charge on any atom is -0.493 e. The highest BCUT2D eigenvalue weighted by Crippen LogP contribution is 2.22. The number of nitrogens with zero attached hydrogens (tertiary/aromatic N) is 5. The fourth-order valence-electron chi connectivity index (χ4n) is 4.33. The lowest BCUT2D eigenvalue weighted by molar-refractivity contribution is 0.0746. The van der Waals surface area contributed by atoms with Crippen LogP contribution in [0.25, 0.3) is 5.69 Å². The number of aromatic hydroxyl groups is 1. The van der Waals surface area contributed by atoms with Crippen molar-refractivity contribution in [2.45, 2.75) is 27.2 Å². The van der Waals surface area contributed by atoms with E-state index in [-0.39, 0.29) is 17.5 Å². The summed E-state index contributed by atoms with van der Waals surface area (Å²) in [5.74, 6) is 0.924. The summed E-state index contributed by atoms with van der Waals surface area (Å²) >= 11 is 0. The number of pyridine rings is 1. The Morgan fingerprint density at radius 2 is 1.75 bits per heavy atom. The number of aromatic nitrogens is 3. The molecule has 0 unspecified atom stereocenters. The van der Waals surface area contributed by atoms with Crippen molar-refractivity contribution in [2.75, 3.05) is 31.1 Å². The van der Waals surface area contributed by atoms with E-state index >= 15 is 0 Å². The van der Waals surface area contributed by atoms with Gasteiger partial charge in [0, 0.05) is 45.0 Å². The Labute approximate surface area is 187 Å². The van der Waals surface area contributed by atoms with Gasteiger partial charge < -0.3 is 14.9 Å². The number of carbonyl (C=O) groups excluding carboxylic acids is 1. The minimum atomic E-state index is -0.311. The number of piperazine rings is 1. The predicted octanol–water partition coefficient (Wildman–Crippen LogP) is 2.42. The van der Waals surface area contributed by atoms with Crippen molar-refractivity contribution in [2.24, 2.45) is 7.05 Å². The summed E-state index contributed by atoms with van der Waals surface area (Å²) < 4.78 is 2.71. The van der Waals surface area contributed by atoms with Crippen LogP contribution in [0.2, 0.25) is 0 Å². The second-order valence-electron chi connectivity index (χ2n) is 8.28. The zero-order valence-corrected chi connectivity index (χ0v) is 19.0. The van der Waals surface area contributed by atoms with Gasteiger partial charge >= 0.3 is 5.69 Å². The lowest BCUT2D eigenvalue weighted by Gasteiger charge is -2.36. The molecule has 8 nitrogen and oxygen atoms in total. The summed E-state index contributed by atoms with van der Waals surface area (Å²) in [6, 6.07) is 9.12. The molecule has 32 heavy (non-hydrogen) atoms. The Morgan fingerprint density at radius 3 is 2.34 bits per heavy atom. The Hall–Kier alpha value is -3.55. The van der Waals surface area contributed by atoms with Crippen LogP contribution < -0.4 is 10.6 Å². The Balaban J connectivity index is 1.47. The molecule has 4 rings (SSSR count). The van der Waals surface area contributed by atoms with E-state index in [1.165, 1.54) is 9.13 Å². The lowest BCUT2D eigenvalue weighted by atomic mass is 10.1. The molecule has 0 atom stereocenters. The van der Waals surface area contributed by atoms with Gasteiger partial charge in [0.1, 0.15) is 5.82 Å². The SMILES string of the molecule is CCc1c(O)n(C)c(=O)n1-c1ccc(C(=O)N2CCN(c3ncc(C)cc3C)CC2)cc1. The fourth-order valence-corrected chi connectivity index (χ4v) is 4.33. The number of hydrogen-bond acceptors (Lipinski definition) is 5. The van der Waals surface area contributed by atoms with Crippen LogP contribution in [0.1, 0.15) is 34.1 Å². The van der Waals surface area contributed by atoms with Crippen molar-refractivity contribution < 1.29 is 9.90 Å². The number of imidazole rings is 1. The number of aryl methyl sites for hydroxylation is 2. The molecule has 1 N–H and O–H groups in total. The number of carbonyl (C=O) groups is 1. The molecule has 1 aliphatic rings. The molecule has 1 saturated heterocycles. The Kier molecular flexibility index (Phi) is 5.78. The molecule has 8 heteroatoms. The van der Waals surface area contributed by atoms with Crippen molar-refractivity contribution in [1.29, 1.82) is 0 Å². The zero-order chi connectivity index (χ0) is 23.0. The summed E-state index contributed by atoms with van der Waals surface area (Å²) in [5.41, 5.74) is 3.74. The molecule has 1 aromatic carbocycles. The fraction of sp³-hybridized carbons (Fsp3) is 0.375. The molecule has 0 spiro atoms. The highest BCUT2D eigenvalue weighted by atomic mass is 16.3. The minimum absolute atomic E-state index is 0.0243. The first kappa shape index (κ1) is 21.7. The van der Waals surface area contributed by atoms with Gasteiger partial charge in [0.15, 0.2) is 0 Å². The van der Waals surface area contributed by atoms with Crippen LogP contribution in [0.4, 0.5) is 5.82 Å². The molecule has 2 aromatic heterocycles. The normalized spacial score (nSPS) is 14.1. The topological polar surface area (TPSA) is 83.6 Å². The molecule has 1 fully saturated rings. The molecule has 3 heterocycles. The number of benzene rings is 1. The van der Waals surface area contributed by atoms with E-state index in [9.17, 15) is 14.7 Å². The average molecular weight is 436 g/mol. The maximum absolute atomic E-state index is 13.0. The smallest absolute Gasteiger partial charge is 0.335 e. The van der Waals surface area contributed by atoms with Gasteiger partial charge in [0.05, 0.1) is 11.4 Å². The van der Waals surface area contributed by atoms with Crippen molar-refractivity contribution >= 4 is 11.7 Å². The van der Waals surface area contributed by atoms with Crippen molar-refractivity contribution in [3.05, 3.63) is 69.4 Å². The van der Waals surface area contributed by atoms with Crippen LogP contribution in [-0.2, 0) is 13.5 Å². The number of rotatable bonds is 4. The molecular formula is C24H29N5O3. The molecule has 0 saturated carbocycles. The van der Waals surface area contributed by atoms with Gasteiger partial charge in [-0.2, -0.15) is 0 Å². The first-order valence-electron chi connectivity index (χ1n) is 10.9. The molecule has 3 aromatic rings. The maximum atomic E-state index is 13.0. The first-order chi connectivity index (χ1) is 15.3. The quantitative estimate of drug-likeness (QED) is 0.681. The summed E-state index contributed by atoms with van der Waals surface area (Å²) in [6.45, 7) is 8.71. The van der Waals surface area contributed by atoms with Crippen LogP contribution in [0.3, 0.4) is 0 Å². The van der Waals surface area contributed by atoms with Gasteiger partial charge in [-0.3, -0.25) is 13.9 Å². The van der Waals surface area contributed by atoms with E-state index < -0.39 is 0 Å². The first-order valence-corrected chi connectivity index (χ1v) is 10.9. The second-order valence-corrected chi connectivity index (χ2v) is 8.28. The van der Waals surface area contributed by atoms with Gasteiger partial charge in [-0.05, 0) is 55.7 Å². The van der Waals surface area contributed by atoms with Gasteiger partial charge in [-0.25, -0.2) is 9.78 Å². The third-order valence-corrected chi connectivity index (χ3v) is 6.09. The highest BCUT2D eigenvalue weighted by molar-refractivity contribution is 5.94. The molecule has 0 radical (unpaired) electrons. The predicted molar refractivity (Wildman–Crippen MR) is 124 cm³/mol. The molecule has 1 amide bonds. The summed E-state index contributed by atoms with van der Waals surface area (Å²) in [4.78, 5) is 34.2. The number of amides is 1. The second kappa shape index (κ2) is 8.53.